The van der Waals surface area contributed by atoms with Crippen LogP contribution in [0.4, 0.5) is 0 Å². The fourth-order valence-electron chi connectivity index (χ4n) is 0.484. The summed E-state index contributed by atoms with van der Waals surface area (Å²) in [5.74, 6) is -0.137. The number of hydrogen-bond donors (Lipinski definition) is 1. The number of phenols is 1. The number of halogens is 1. The van der Waals surface area contributed by atoms with E-state index in [1.54, 1.807) is 0 Å². The minimum Gasteiger partial charge on any atom is -1.00 e. The van der Waals surface area contributed by atoms with Gasteiger partial charge in [0, 0.05) is 0 Å². The van der Waals surface area contributed by atoms with Crippen molar-refractivity contribution in [1.82, 2.24) is 0 Å². The Hall–Kier alpha value is 0.0662. The van der Waals surface area contributed by atoms with Gasteiger partial charge in [-0.3, -0.25) is 0 Å². The molecule has 0 fully saturated rings. The van der Waals surface area contributed by atoms with Crippen molar-refractivity contribution in [2.24, 2.45) is 0 Å². The van der Waals surface area contributed by atoms with E-state index in [0.29, 0.717) is 0 Å². The molecular formula is C6H5BrMgO2. The summed E-state index contributed by atoms with van der Waals surface area (Å²) in [7, 11) is 0. The van der Waals surface area contributed by atoms with Crippen molar-refractivity contribution in [3.05, 3.63) is 24.3 Å². The molecular weight excluding hydrogens is 208 g/mol. The van der Waals surface area contributed by atoms with Crippen LogP contribution in [0.5, 0.6) is 11.5 Å². The van der Waals surface area contributed by atoms with Gasteiger partial charge in [-0.1, -0.05) is 12.1 Å². The fourth-order valence-corrected chi connectivity index (χ4v) is 0.484. The summed E-state index contributed by atoms with van der Waals surface area (Å²) in [6, 6.07) is 5.53. The van der Waals surface area contributed by atoms with E-state index in [9.17, 15) is 5.11 Å². The molecule has 2 nitrogen and oxygen atoms in total. The van der Waals surface area contributed by atoms with Gasteiger partial charge in [-0.2, -0.15) is 0 Å². The molecule has 0 atom stereocenters. The molecule has 0 amide bonds. The summed E-state index contributed by atoms with van der Waals surface area (Å²) < 4.78 is 0. The summed E-state index contributed by atoms with van der Waals surface area (Å²) >= 11 is 0. The summed E-state index contributed by atoms with van der Waals surface area (Å²) in [6.45, 7) is 0. The van der Waals surface area contributed by atoms with Crippen LogP contribution in [-0.4, -0.2) is 28.2 Å². The van der Waals surface area contributed by atoms with Crippen molar-refractivity contribution in [2.45, 2.75) is 0 Å². The molecule has 0 heterocycles. The van der Waals surface area contributed by atoms with Crippen LogP contribution in [0.2, 0.25) is 0 Å². The van der Waals surface area contributed by atoms with Gasteiger partial charge in [0.05, 0.1) is 0 Å². The normalized spacial score (nSPS) is 7.20. The van der Waals surface area contributed by atoms with Gasteiger partial charge in [0.25, 0.3) is 0 Å². The zero-order valence-electron chi connectivity index (χ0n) is 5.25. The first kappa shape index (κ1) is 12.7. The van der Waals surface area contributed by atoms with Gasteiger partial charge < -0.3 is 27.2 Å². The van der Waals surface area contributed by atoms with Crippen LogP contribution >= 0.6 is 0 Å². The topological polar surface area (TPSA) is 43.3 Å². The first-order valence-corrected chi connectivity index (χ1v) is 2.25. The molecule has 0 unspecified atom stereocenters. The van der Waals surface area contributed by atoms with Crippen LogP contribution in [0.3, 0.4) is 0 Å². The Morgan fingerprint density at radius 3 is 2.20 bits per heavy atom. The van der Waals surface area contributed by atoms with Gasteiger partial charge in [0.2, 0.25) is 0 Å². The van der Waals surface area contributed by atoms with Crippen molar-refractivity contribution in [1.29, 1.82) is 0 Å². The molecule has 4 heteroatoms. The predicted octanol–water partition coefficient (Wildman–Crippen LogP) is -2.91. The molecule has 0 saturated heterocycles. The molecule has 1 aromatic rings. The van der Waals surface area contributed by atoms with Gasteiger partial charge in [-0.25, -0.2) is 0 Å². The molecule has 0 aliphatic carbocycles. The molecule has 1 N–H and O–H groups in total. The third kappa shape index (κ3) is 3.97. The van der Waals surface area contributed by atoms with E-state index in [0.717, 1.165) is 0 Å². The number of benzene rings is 1. The monoisotopic (exact) mass is 212 g/mol. The Bertz CT molecular complexity index is 176. The number of rotatable bonds is 0. The summed E-state index contributed by atoms with van der Waals surface area (Å²) in [4.78, 5) is 0. The smallest absolute Gasteiger partial charge is 1.00 e. The minimum absolute atomic E-state index is 0. The van der Waals surface area contributed by atoms with Crippen LogP contribution in [0.25, 0.3) is 0 Å². The third-order valence-electron chi connectivity index (χ3n) is 0.818. The second kappa shape index (κ2) is 5.82. The summed E-state index contributed by atoms with van der Waals surface area (Å²) in [5.41, 5.74) is 0. The maximum Gasteiger partial charge on any atom is 2.00 e. The van der Waals surface area contributed by atoms with Crippen LogP contribution < -0.4 is 22.1 Å². The Morgan fingerprint density at radius 2 is 1.90 bits per heavy atom. The molecule has 1 aromatic carbocycles. The van der Waals surface area contributed by atoms with Gasteiger partial charge in [0.15, 0.2) is 0 Å². The number of hydrogen-bond acceptors (Lipinski definition) is 2. The quantitative estimate of drug-likeness (QED) is 0.470. The average molecular weight is 213 g/mol. The molecule has 50 valence electrons. The van der Waals surface area contributed by atoms with E-state index in [2.05, 4.69) is 0 Å². The molecule has 0 aliphatic rings. The molecule has 1 rings (SSSR count). The van der Waals surface area contributed by atoms with Crippen molar-refractivity contribution < 1.29 is 27.2 Å². The van der Waals surface area contributed by atoms with Gasteiger partial charge in [-0.15, -0.1) is 5.75 Å². The van der Waals surface area contributed by atoms with E-state index < -0.39 is 0 Å². The van der Waals surface area contributed by atoms with E-state index >= 15 is 0 Å². The average Bonchev–Trinajstić information content (AvgIpc) is 1.64. The van der Waals surface area contributed by atoms with E-state index in [1.165, 1.54) is 24.3 Å². The second-order valence-corrected chi connectivity index (χ2v) is 1.50. The number of aromatic hydroxyl groups is 1. The van der Waals surface area contributed by atoms with Crippen LogP contribution in [-0.2, 0) is 0 Å². The van der Waals surface area contributed by atoms with E-state index in [1.807, 2.05) is 0 Å². The zero-order chi connectivity index (χ0) is 5.98. The first-order chi connectivity index (χ1) is 3.79. The van der Waals surface area contributed by atoms with Crippen molar-refractivity contribution in [2.75, 3.05) is 0 Å². The maximum absolute atomic E-state index is 10.3. The van der Waals surface area contributed by atoms with Crippen molar-refractivity contribution in [3.63, 3.8) is 0 Å². The predicted molar refractivity (Wildman–Crippen MR) is 33.3 cm³/mol. The van der Waals surface area contributed by atoms with E-state index in [4.69, 9.17) is 5.11 Å². The van der Waals surface area contributed by atoms with Crippen LogP contribution in [0.1, 0.15) is 0 Å². The van der Waals surface area contributed by atoms with Crippen LogP contribution in [0, 0.1) is 0 Å². The largest absolute Gasteiger partial charge is 2.00 e. The number of phenolic OH excluding ortho intramolecular Hbond substituents is 1. The van der Waals surface area contributed by atoms with Crippen molar-refractivity contribution >= 4 is 23.1 Å². The minimum atomic E-state index is -0.162. The Kier molecular flexibility index (Phi) is 7.40. The second-order valence-electron chi connectivity index (χ2n) is 1.50. The standard InChI is InChI=1S/C6H6O2.BrH.Mg/c7-5-2-1-3-6(8)4-5;;/h1-4,7-8H;1H;/q;;+2/p-2. The molecule has 0 aliphatic heterocycles. The molecule has 10 heavy (non-hydrogen) atoms. The SMILES string of the molecule is [Br-].[Mg+2].[O-]c1cccc(O)c1. The Balaban J connectivity index is 0. The van der Waals surface area contributed by atoms with Gasteiger partial charge in [-0.05, 0) is 12.1 Å². The maximum atomic E-state index is 10.3. The van der Waals surface area contributed by atoms with Gasteiger partial charge in [0.1, 0.15) is 5.75 Å². The third-order valence-corrected chi connectivity index (χ3v) is 0.818. The Morgan fingerprint density at radius 1 is 1.30 bits per heavy atom. The van der Waals surface area contributed by atoms with Crippen molar-refractivity contribution in [3.8, 4) is 11.5 Å². The molecule has 0 radical (unpaired) electrons. The Labute approximate surface area is 85.8 Å². The molecule has 0 saturated carbocycles. The fraction of sp³-hybridized carbons (Fsp3) is 0. The molecule has 0 bridgehead atoms. The summed E-state index contributed by atoms with van der Waals surface area (Å²) in [6.07, 6.45) is 0. The van der Waals surface area contributed by atoms with Gasteiger partial charge >= 0.3 is 23.1 Å². The summed E-state index contributed by atoms with van der Waals surface area (Å²) in [5, 5.41) is 18.9. The van der Waals surface area contributed by atoms with E-state index in [-0.39, 0.29) is 51.5 Å². The first-order valence-electron chi connectivity index (χ1n) is 2.25. The molecule has 0 aromatic heterocycles. The zero-order valence-corrected chi connectivity index (χ0v) is 8.25. The molecule has 0 spiro atoms. The van der Waals surface area contributed by atoms with Crippen LogP contribution in [0.15, 0.2) is 24.3 Å².